The molecule has 1 aliphatic rings. The van der Waals surface area contributed by atoms with Gasteiger partial charge in [-0.2, -0.15) is 0 Å². The third-order valence-corrected chi connectivity index (χ3v) is 2.19. The minimum atomic E-state index is -0.145. The van der Waals surface area contributed by atoms with E-state index in [0.717, 1.165) is 19.3 Å². The van der Waals surface area contributed by atoms with E-state index in [2.05, 4.69) is 6.92 Å². The topological polar surface area (TPSA) is 46.2 Å². The Kier molecular flexibility index (Phi) is 2.09. The second kappa shape index (κ2) is 2.67. The Balaban J connectivity index is 2.35. The van der Waals surface area contributed by atoms with Crippen molar-refractivity contribution in [2.45, 2.75) is 38.3 Å². The number of hydrogen-bond donors (Lipinski definition) is 2. The minimum absolute atomic E-state index is 0.145. The van der Waals surface area contributed by atoms with Gasteiger partial charge in [0.05, 0.1) is 6.10 Å². The first-order chi connectivity index (χ1) is 4.20. The summed E-state index contributed by atoms with van der Waals surface area (Å²) >= 11 is 0. The first kappa shape index (κ1) is 7.03. The van der Waals surface area contributed by atoms with Crippen molar-refractivity contribution >= 4 is 0 Å². The van der Waals surface area contributed by atoms with Gasteiger partial charge in [0.15, 0.2) is 0 Å². The van der Waals surface area contributed by atoms with E-state index in [9.17, 15) is 5.11 Å². The van der Waals surface area contributed by atoms with Crippen LogP contribution in [0.4, 0.5) is 0 Å². The van der Waals surface area contributed by atoms with Crippen molar-refractivity contribution in [3.8, 4) is 0 Å². The SMILES string of the molecule is C[C@@H]1CC[C@@H](N)CC1O. The number of nitrogens with two attached hydrogens (primary N) is 1. The lowest BCUT2D eigenvalue weighted by Gasteiger charge is -2.28. The van der Waals surface area contributed by atoms with Gasteiger partial charge in [0.2, 0.25) is 0 Å². The van der Waals surface area contributed by atoms with E-state index >= 15 is 0 Å². The van der Waals surface area contributed by atoms with E-state index in [1.165, 1.54) is 0 Å². The number of rotatable bonds is 0. The van der Waals surface area contributed by atoms with E-state index in [1.54, 1.807) is 0 Å². The maximum atomic E-state index is 9.27. The van der Waals surface area contributed by atoms with Crippen molar-refractivity contribution in [1.29, 1.82) is 0 Å². The molecular weight excluding hydrogens is 114 g/mol. The Labute approximate surface area is 56.1 Å². The molecule has 0 aliphatic heterocycles. The van der Waals surface area contributed by atoms with Crippen LogP contribution in [0.25, 0.3) is 0 Å². The summed E-state index contributed by atoms with van der Waals surface area (Å²) in [5.74, 6) is 0.463. The Hall–Kier alpha value is -0.0800. The summed E-state index contributed by atoms with van der Waals surface area (Å²) in [5, 5.41) is 9.27. The summed E-state index contributed by atoms with van der Waals surface area (Å²) < 4.78 is 0. The molecule has 3 N–H and O–H groups in total. The smallest absolute Gasteiger partial charge is 0.0580 e. The molecule has 2 heteroatoms. The Morgan fingerprint density at radius 2 is 2.11 bits per heavy atom. The number of aliphatic hydroxyl groups excluding tert-OH is 1. The molecule has 1 rings (SSSR count). The van der Waals surface area contributed by atoms with Gasteiger partial charge in [-0.15, -0.1) is 0 Å². The molecule has 0 radical (unpaired) electrons. The van der Waals surface area contributed by atoms with Crippen LogP contribution in [0.3, 0.4) is 0 Å². The van der Waals surface area contributed by atoms with Gasteiger partial charge in [-0.1, -0.05) is 6.92 Å². The van der Waals surface area contributed by atoms with Crippen molar-refractivity contribution < 1.29 is 5.11 Å². The van der Waals surface area contributed by atoms with Gasteiger partial charge in [-0.05, 0) is 25.2 Å². The highest BCUT2D eigenvalue weighted by molar-refractivity contribution is 4.78. The number of hydrogen-bond acceptors (Lipinski definition) is 2. The van der Waals surface area contributed by atoms with Crippen molar-refractivity contribution in [3.63, 3.8) is 0 Å². The molecule has 1 saturated carbocycles. The lowest BCUT2D eigenvalue weighted by atomic mass is 9.85. The molecule has 0 saturated heterocycles. The fraction of sp³-hybridized carbons (Fsp3) is 1.00. The highest BCUT2D eigenvalue weighted by atomic mass is 16.3. The lowest BCUT2D eigenvalue weighted by Crippen LogP contribution is -2.35. The zero-order valence-corrected chi connectivity index (χ0v) is 5.88. The molecule has 0 spiro atoms. The highest BCUT2D eigenvalue weighted by Gasteiger charge is 2.22. The molecule has 54 valence electrons. The van der Waals surface area contributed by atoms with Gasteiger partial charge in [-0.25, -0.2) is 0 Å². The van der Waals surface area contributed by atoms with Crippen LogP contribution in [0, 0.1) is 5.92 Å². The zero-order valence-electron chi connectivity index (χ0n) is 5.88. The first-order valence-electron chi connectivity index (χ1n) is 3.64. The monoisotopic (exact) mass is 129 g/mol. The average molecular weight is 129 g/mol. The van der Waals surface area contributed by atoms with E-state index < -0.39 is 0 Å². The largest absolute Gasteiger partial charge is 0.393 e. The van der Waals surface area contributed by atoms with Crippen LogP contribution < -0.4 is 5.73 Å². The van der Waals surface area contributed by atoms with Crippen LogP contribution in [0.1, 0.15) is 26.2 Å². The predicted molar refractivity (Wildman–Crippen MR) is 37.0 cm³/mol. The zero-order chi connectivity index (χ0) is 6.85. The van der Waals surface area contributed by atoms with Crippen molar-refractivity contribution in [2.24, 2.45) is 11.7 Å². The summed E-state index contributed by atoms with van der Waals surface area (Å²) in [6, 6.07) is 0.246. The Morgan fingerprint density at radius 1 is 1.44 bits per heavy atom. The molecule has 9 heavy (non-hydrogen) atoms. The molecule has 3 atom stereocenters. The molecule has 0 bridgehead atoms. The number of aliphatic hydroxyl groups is 1. The fourth-order valence-electron chi connectivity index (χ4n) is 1.33. The van der Waals surface area contributed by atoms with Gasteiger partial charge in [0, 0.05) is 6.04 Å². The summed E-state index contributed by atoms with van der Waals surface area (Å²) in [4.78, 5) is 0. The van der Waals surface area contributed by atoms with Crippen molar-refractivity contribution in [1.82, 2.24) is 0 Å². The molecule has 0 aromatic heterocycles. The summed E-state index contributed by atoms with van der Waals surface area (Å²) in [5.41, 5.74) is 5.63. The van der Waals surface area contributed by atoms with Gasteiger partial charge in [0.1, 0.15) is 0 Å². The molecule has 2 nitrogen and oxygen atoms in total. The molecule has 0 aromatic carbocycles. The summed E-state index contributed by atoms with van der Waals surface area (Å²) in [6.07, 6.45) is 2.82. The van der Waals surface area contributed by atoms with Crippen LogP contribution in [0.5, 0.6) is 0 Å². The maximum Gasteiger partial charge on any atom is 0.0580 e. The average Bonchev–Trinajstić information content (AvgIpc) is 1.80. The van der Waals surface area contributed by atoms with Gasteiger partial charge >= 0.3 is 0 Å². The predicted octanol–water partition coefficient (Wildman–Crippen LogP) is 0.495. The maximum absolute atomic E-state index is 9.27. The van der Waals surface area contributed by atoms with Crippen LogP contribution in [-0.4, -0.2) is 17.3 Å². The summed E-state index contributed by atoms with van der Waals surface area (Å²) in [7, 11) is 0. The van der Waals surface area contributed by atoms with E-state index in [4.69, 9.17) is 5.73 Å². The van der Waals surface area contributed by atoms with E-state index in [-0.39, 0.29) is 12.1 Å². The summed E-state index contributed by atoms with van der Waals surface area (Å²) in [6.45, 7) is 2.08. The van der Waals surface area contributed by atoms with Gasteiger partial charge in [0.25, 0.3) is 0 Å². The van der Waals surface area contributed by atoms with Gasteiger partial charge in [-0.3, -0.25) is 0 Å². The van der Waals surface area contributed by atoms with Crippen LogP contribution in [0.2, 0.25) is 0 Å². The molecular formula is C7H15NO. The molecule has 1 fully saturated rings. The normalized spacial score (nSPS) is 45.0. The third-order valence-electron chi connectivity index (χ3n) is 2.19. The standard InChI is InChI=1S/C7H15NO/c1-5-2-3-6(8)4-7(5)9/h5-7,9H,2-4,8H2,1H3/t5-,6-,7?/m1/s1. The van der Waals surface area contributed by atoms with Crippen LogP contribution >= 0.6 is 0 Å². The van der Waals surface area contributed by atoms with Crippen molar-refractivity contribution in [2.75, 3.05) is 0 Å². The molecule has 0 aromatic rings. The molecule has 0 heterocycles. The Bertz CT molecular complexity index is 94.9. The second-order valence-corrected chi connectivity index (χ2v) is 3.12. The second-order valence-electron chi connectivity index (χ2n) is 3.12. The van der Waals surface area contributed by atoms with E-state index in [1.807, 2.05) is 0 Å². The Morgan fingerprint density at radius 3 is 2.56 bits per heavy atom. The fourth-order valence-corrected chi connectivity index (χ4v) is 1.33. The van der Waals surface area contributed by atoms with E-state index in [0.29, 0.717) is 5.92 Å². The molecule has 0 amide bonds. The van der Waals surface area contributed by atoms with Gasteiger partial charge < -0.3 is 10.8 Å². The van der Waals surface area contributed by atoms with Crippen LogP contribution in [0.15, 0.2) is 0 Å². The molecule has 1 unspecified atom stereocenters. The van der Waals surface area contributed by atoms with Crippen LogP contribution in [-0.2, 0) is 0 Å². The first-order valence-corrected chi connectivity index (χ1v) is 3.64. The lowest BCUT2D eigenvalue weighted by molar-refractivity contribution is 0.0708. The quantitative estimate of drug-likeness (QED) is 0.500. The third kappa shape index (κ3) is 1.66. The highest BCUT2D eigenvalue weighted by Crippen LogP contribution is 2.22. The molecule has 1 aliphatic carbocycles. The van der Waals surface area contributed by atoms with Crippen molar-refractivity contribution in [3.05, 3.63) is 0 Å². The minimum Gasteiger partial charge on any atom is -0.393 e.